The van der Waals surface area contributed by atoms with E-state index in [1.165, 1.54) is 4.31 Å². The molecule has 7 heteroatoms. The minimum Gasteiger partial charge on any atom is -0.445 e. The van der Waals surface area contributed by atoms with Crippen LogP contribution in [0.4, 0.5) is 4.79 Å². The zero-order valence-corrected chi connectivity index (χ0v) is 18.8. The standard InChI is InChI=1S/C23H30N2O4S/c1-17(2)22-15-24(30(27,28)21-12-10-18(3)11-13-21)14-19(4)25(22)23(26)29-16-20-8-6-5-7-9-20/h5-13,17,19,22H,14-16H2,1-4H3/t19-,22+/m1/s1. The fourth-order valence-corrected chi connectivity index (χ4v) is 5.32. The molecule has 30 heavy (non-hydrogen) atoms. The molecular formula is C23H30N2O4S. The van der Waals surface area contributed by atoms with Gasteiger partial charge in [0.1, 0.15) is 6.61 Å². The number of sulfonamides is 1. The van der Waals surface area contributed by atoms with Crippen molar-refractivity contribution in [1.29, 1.82) is 0 Å². The molecule has 0 spiro atoms. The van der Waals surface area contributed by atoms with Crippen LogP contribution in [0, 0.1) is 12.8 Å². The lowest BCUT2D eigenvalue weighted by atomic mass is 9.98. The van der Waals surface area contributed by atoms with Gasteiger partial charge in [0.2, 0.25) is 10.0 Å². The van der Waals surface area contributed by atoms with Crippen molar-refractivity contribution in [3.63, 3.8) is 0 Å². The van der Waals surface area contributed by atoms with Crippen LogP contribution in [0.3, 0.4) is 0 Å². The van der Waals surface area contributed by atoms with Gasteiger partial charge in [-0.3, -0.25) is 4.90 Å². The molecule has 2 aromatic carbocycles. The van der Waals surface area contributed by atoms with Crippen molar-refractivity contribution in [3.8, 4) is 0 Å². The number of carbonyl (C=O) groups is 1. The molecule has 162 valence electrons. The number of aryl methyl sites for hydroxylation is 1. The van der Waals surface area contributed by atoms with Crippen LogP contribution >= 0.6 is 0 Å². The van der Waals surface area contributed by atoms with E-state index < -0.39 is 16.1 Å². The van der Waals surface area contributed by atoms with Crippen LogP contribution in [-0.2, 0) is 21.4 Å². The highest BCUT2D eigenvalue weighted by Crippen LogP contribution is 2.27. The predicted octanol–water partition coefficient (Wildman–Crippen LogP) is 4.05. The van der Waals surface area contributed by atoms with E-state index in [1.54, 1.807) is 29.2 Å². The van der Waals surface area contributed by atoms with Crippen LogP contribution < -0.4 is 0 Å². The summed E-state index contributed by atoms with van der Waals surface area (Å²) in [6.07, 6.45) is -0.405. The second-order valence-electron chi connectivity index (χ2n) is 8.24. The van der Waals surface area contributed by atoms with Crippen molar-refractivity contribution in [2.45, 2.75) is 51.3 Å². The number of rotatable bonds is 5. The second kappa shape index (κ2) is 9.18. The van der Waals surface area contributed by atoms with E-state index in [1.807, 2.05) is 58.0 Å². The zero-order chi connectivity index (χ0) is 21.9. The number of hydrogen-bond acceptors (Lipinski definition) is 4. The number of piperazine rings is 1. The molecular weight excluding hydrogens is 400 g/mol. The van der Waals surface area contributed by atoms with E-state index in [2.05, 4.69) is 0 Å². The number of nitrogens with zero attached hydrogens (tertiary/aromatic N) is 2. The largest absolute Gasteiger partial charge is 0.445 e. The Bertz CT molecular complexity index is 958. The van der Waals surface area contributed by atoms with E-state index in [9.17, 15) is 13.2 Å². The molecule has 1 fully saturated rings. The summed E-state index contributed by atoms with van der Waals surface area (Å²) in [5.74, 6) is 0.0766. The van der Waals surface area contributed by atoms with Crippen molar-refractivity contribution in [1.82, 2.24) is 9.21 Å². The molecule has 0 bridgehead atoms. The normalized spacial score (nSPS) is 20.4. The van der Waals surface area contributed by atoms with Crippen molar-refractivity contribution in [2.24, 2.45) is 5.92 Å². The third kappa shape index (κ3) is 4.84. The number of carbonyl (C=O) groups excluding carboxylic acids is 1. The minimum atomic E-state index is -3.63. The van der Waals surface area contributed by atoms with Crippen LogP contribution in [-0.4, -0.2) is 48.9 Å². The summed E-state index contributed by atoms with van der Waals surface area (Å²) in [6, 6.07) is 15.8. The minimum absolute atomic E-state index is 0.0766. The maximum Gasteiger partial charge on any atom is 0.410 e. The summed E-state index contributed by atoms with van der Waals surface area (Å²) in [7, 11) is -3.63. The first-order chi connectivity index (χ1) is 14.2. The van der Waals surface area contributed by atoms with Gasteiger partial charge in [0.05, 0.1) is 10.9 Å². The lowest BCUT2D eigenvalue weighted by molar-refractivity contribution is 0.0218. The van der Waals surface area contributed by atoms with Crippen molar-refractivity contribution in [3.05, 3.63) is 65.7 Å². The van der Waals surface area contributed by atoms with Crippen molar-refractivity contribution < 1.29 is 17.9 Å². The first-order valence-electron chi connectivity index (χ1n) is 10.3. The van der Waals surface area contributed by atoms with Gasteiger partial charge in [-0.15, -0.1) is 0 Å². The average Bonchev–Trinajstić information content (AvgIpc) is 2.72. The monoisotopic (exact) mass is 430 g/mol. The van der Waals surface area contributed by atoms with Crippen LogP contribution in [0.2, 0.25) is 0 Å². The van der Waals surface area contributed by atoms with Gasteiger partial charge in [-0.25, -0.2) is 13.2 Å². The molecule has 1 aliphatic heterocycles. The van der Waals surface area contributed by atoms with Crippen LogP contribution in [0.5, 0.6) is 0 Å². The Morgan fingerprint density at radius 3 is 2.30 bits per heavy atom. The summed E-state index contributed by atoms with van der Waals surface area (Å²) >= 11 is 0. The number of benzene rings is 2. The number of ether oxygens (including phenoxy) is 1. The summed E-state index contributed by atoms with van der Waals surface area (Å²) < 4.78 is 33.4. The third-order valence-corrected chi connectivity index (χ3v) is 7.38. The van der Waals surface area contributed by atoms with Crippen molar-refractivity contribution >= 4 is 16.1 Å². The molecule has 0 radical (unpaired) electrons. The van der Waals surface area contributed by atoms with Gasteiger partial charge in [-0.05, 0) is 37.5 Å². The molecule has 3 rings (SSSR count). The second-order valence-corrected chi connectivity index (χ2v) is 10.2. The van der Waals surface area contributed by atoms with E-state index in [4.69, 9.17) is 4.74 Å². The van der Waals surface area contributed by atoms with Gasteiger partial charge in [-0.1, -0.05) is 61.9 Å². The molecule has 2 aromatic rings. The Kier molecular flexibility index (Phi) is 6.83. The maximum absolute atomic E-state index is 13.2. The van der Waals surface area contributed by atoms with E-state index in [-0.39, 0.29) is 42.6 Å². The summed E-state index contributed by atoms with van der Waals surface area (Å²) in [5.41, 5.74) is 1.92. The highest BCUT2D eigenvalue weighted by atomic mass is 32.2. The maximum atomic E-state index is 13.2. The topological polar surface area (TPSA) is 66.9 Å². The van der Waals surface area contributed by atoms with E-state index in [0.29, 0.717) is 0 Å². The Balaban J connectivity index is 1.77. The van der Waals surface area contributed by atoms with Crippen LogP contribution in [0.15, 0.2) is 59.5 Å². The van der Waals surface area contributed by atoms with Gasteiger partial charge in [0.25, 0.3) is 0 Å². The van der Waals surface area contributed by atoms with Crippen molar-refractivity contribution in [2.75, 3.05) is 13.1 Å². The molecule has 1 saturated heterocycles. The third-order valence-electron chi connectivity index (χ3n) is 5.53. The fraction of sp³-hybridized carbons (Fsp3) is 0.435. The lowest BCUT2D eigenvalue weighted by Gasteiger charge is -2.45. The zero-order valence-electron chi connectivity index (χ0n) is 18.0. The summed E-state index contributed by atoms with van der Waals surface area (Å²) in [6.45, 7) is 8.47. The molecule has 0 aromatic heterocycles. The Hall–Kier alpha value is -2.38. The molecule has 0 aliphatic carbocycles. The van der Waals surface area contributed by atoms with E-state index in [0.717, 1.165) is 11.1 Å². The number of hydrogen-bond donors (Lipinski definition) is 0. The van der Waals surface area contributed by atoms with Crippen LogP contribution in [0.1, 0.15) is 31.9 Å². The molecule has 0 saturated carbocycles. The van der Waals surface area contributed by atoms with Gasteiger partial charge in [0, 0.05) is 19.1 Å². The van der Waals surface area contributed by atoms with Crippen LogP contribution in [0.25, 0.3) is 0 Å². The van der Waals surface area contributed by atoms with Gasteiger partial charge >= 0.3 is 6.09 Å². The molecule has 1 aliphatic rings. The quantitative estimate of drug-likeness (QED) is 0.718. The Morgan fingerprint density at radius 1 is 1.07 bits per heavy atom. The molecule has 1 heterocycles. The fourth-order valence-electron chi connectivity index (χ4n) is 3.78. The Labute approximate surface area is 179 Å². The molecule has 6 nitrogen and oxygen atoms in total. The van der Waals surface area contributed by atoms with Gasteiger partial charge in [-0.2, -0.15) is 4.31 Å². The highest BCUT2D eigenvalue weighted by Gasteiger charge is 2.42. The first kappa shape index (κ1) is 22.3. The molecule has 1 amide bonds. The summed E-state index contributed by atoms with van der Waals surface area (Å²) in [5, 5.41) is 0. The highest BCUT2D eigenvalue weighted by molar-refractivity contribution is 7.89. The number of amides is 1. The lowest BCUT2D eigenvalue weighted by Crippen LogP contribution is -2.62. The van der Waals surface area contributed by atoms with E-state index >= 15 is 0 Å². The molecule has 0 N–H and O–H groups in total. The van der Waals surface area contributed by atoms with Gasteiger partial charge in [0.15, 0.2) is 0 Å². The molecule has 0 unspecified atom stereocenters. The summed E-state index contributed by atoms with van der Waals surface area (Å²) in [4.78, 5) is 14.9. The SMILES string of the molecule is Cc1ccc(S(=O)(=O)N2C[C@@H](C)N(C(=O)OCc3ccccc3)[C@H](C(C)C)C2)cc1. The first-order valence-corrected chi connectivity index (χ1v) is 11.7. The smallest absolute Gasteiger partial charge is 0.410 e. The van der Waals surface area contributed by atoms with Gasteiger partial charge < -0.3 is 4.74 Å². The Morgan fingerprint density at radius 2 is 1.70 bits per heavy atom. The average molecular weight is 431 g/mol. The molecule has 2 atom stereocenters. The predicted molar refractivity (Wildman–Crippen MR) is 116 cm³/mol.